The first kappa shape index (κ1) is 14.8. The molecule has 1 aromatic carbocycles. The molecular formula is C16H21ClN2O. The molecular weight excluding hydrogens is 272 g/mol. The molecule has 0 atom stereocenters. The highest BCUT2D eigenvalue weighted by Crippen LogP contribution is 2.28. The van der Waals surface area contributed by atoms with Gasteiger partial charge in [0.25, 0.3) is 0 Å². The van der Waals surface area contributed by atoms with Gasteiger partial charge in [-0.05, 0) is 43.7 Å². The van der Waals surface area contributed by atoms with Crippen molar-refractivity contribution in [2.45, 2.75) is 33.4 Å². The number of aryl methyl sites for hydroxylation is 1. The van der Waals surface area contributed by atoms with Crippen molar-refractivity contribution in [2.24, 2.45) is 0 Å². The third kappa shape index (κ3) is 3.70. The van der Waals surface area contributed by atoms with Crippen molar-refractivity contribution in [3.63, 3.8) is 0 Å². The van der Waals surface area contributed by atoms with E-state index in [1.807, 2.05) is 18.2 Å². The van der Waals surface area contributed by atoms with Gasteiger partial charge in [-0.25, -0.2) is 0 Å². The lowest BCUT2D eigenvalue weighted by Gasteiger charge is -2.14. The molecule has 0 spiro atoms. The number of benzene rings is 1. The average Bonchev–Trinajstić information content (AvgIpc) is 2.91. The molecule has 0 amide bonds. The Balaban J connectivity index is 2.09. The van der Waals surface area contributed by atoms with Crippen molar-refractivity contribution in [1.29, 1.82) is 0 Å². The van der Waals surface area contributed by atoms with E-state index >= 15 is 0 Å². The van der Waals surface area contributed by atoms with Gasteiger partial charge in [-0.2, -0.15) is 0 Å². The van der Waals surface area contributed by atoms with E-state index in [1.165, 1.54) is 5.69 Å². The van der Waals surface area contributed by atoms with Gasteiger partial charge in [0.2, 0.25) is 0 Å². The van der Waals surface area contributed by atoms with Crippen LogP contribution in [0, 0.1) is 0 Å². The van der Waals surface area contributed by atoms with E-state index in [4.69, 9.17) is 16.3 Å². The minimum atomic E-state index is 0.710. The molecule has 3 nitrogen and oxygen atoms in total. The molecule has 2 aromatic rings. The summed E-state index contributed by atoms with van der Waals surface area (Å²) in [6, 6.07) is 9.86. The highest BCUT2D eigenvalue weighted by atomic mass is 35.5. The molecule has 1 heterocycles. The van der Waals surface area contributed by atoms with E-state index in [9.17, 15) is 0 Å². The van der Waals surface area contributed by atoms with Gasteiger partial charge in [-0.3, -0.25) is 0 Å². The zero-order chi connectivity index (χ0) is 14.4. The Hall–Kier alpha value is -1.61. The smallest absolute Gasteiger partial charge is 0.142 e. The van der Waals surface area contributed by atoms with E-state index in [0.29, 0.717) is 11.6 Å². The molecule has 0 fully saturated rings. The van der Waals surface area contributed by atoms with Gasteiger partial charge in [-0.15, -0.1) is 0 Å². The second-order valence-corrected chi connectivity index (χ2v) is 5.06. The fraction of sp³-hybridized carbons (Fsp3) is 0.375. The Bertz CT molecular complexity index is 551. The van der Waals surface area contributed by atoms with Gasteiger partial charge in [0, 0.05) is 23.5 Å². The van der Waals surface area contributed by atoms with Gasteiger partial charge in [0.15, 0.2) is 0 Å². The minimum Gasteiger partial charge on any atom is -0.491 e. The normalized spacial score (nSPS) is 10.6. The number of hydrogen-bond acceptors (Lipinski definition) is 2. The number of nitrogens with one attached hydrogen (secondary N) is 1. The topological polar surface area (TPSA) is 26.2 Å². The van der Waals surface area contributed by atoms with Crippen LogP contribution in [0.4, 0.5) is 5.69 Å². The van der Waals surface area contributed by atoms with Gasteiger partial charge in [0.05, 0.1) is 18.8 Å². The lowest BCUT2D eigenvalue weighted by atomic mass is 10.2. The van der Waals surface area contributed by atoms with Crippen LogP contribution >= 0.6 is 11.6 Å². The van der Waals surface area contributed by atoms with Crippen LogP contribution < -0.4 is 10.1 Å². The van der Waals surface area contributed by atoms with Crippen LogP contribution in [0.1, 0.15) is 26.0 Å². The lowest BCUT2D eigenvalue weighted by Crippen LogP contribution is -2.07. The molecule has 4 heteroatoms. The summed E-state index contributed by atoms with van der Waals surface area (Å²) in [6.45, 7) is 6.67. The molecule has 0 aliphatic rings. The van der Waals surface area contributed by atoms with Crippen LogP contribution in [0.2, 0.25) is 5.02 Å². The molecule has 0 bridgehead atoms. The summed E-state index contributed by atoms with van der Waals surface area (Å²) >= 11 is 6.07. The number of rotatable bonds is 7. The standard InChI is InChI=1S/C16H21ClN2O/c1-3-10-20-16-8-7-13(17)11-15(16)18-12-14-6-5-9-19(14)4-2/h5-9,11,18H,3-4,10,12H2,1-2H3. The van der Waals surface area contributed by atoms with Crippen LogP contribution in [-0.4, -0.2) is 11.2 Å². The predicted octanol–water partition coefficient (Wildman–Crippen LogP) is 4.56. The highest BCUT2D eigenvalue weighted by Gasteiger charge is 2.06. The maximum atomic E-state index is 6.07. The van der Waals surface area contributed by atoms with Gasteiger partial charge in [0.1, 0.15) is 5.75 Å². The molecule has 2 rings (SSSR count). The number of nitrogens with zero attached hydrogens (tertiary/aromatic N) is 1. The van der Waals surface area contributed by atoms with Crippen LogP contribution in [0.15, 0.2) is 36.5 Å². The zero-order valence-corrected chi connectivity index (χ0v) is 12.8. The van der Waals surface area contributed by atoms with E-state index in [1.54, 1.807) is 0 Å². The van der Waals surface area contributed by atoms with E-state index in [0.717, 1.165) is 30.9 Å². The maximum absolute atomic E-state index is 6.07. The highest BCUT2D eigenvalue weighted by molar-refractivity contribution is 6.30. The van der Waals surface area contributed by atoms with Crippen LogP contribution in [-0.2, 0) is 13.1 Å². The zero-order valence-electron chi connectivity index (χ0n) is 12.0. The van der Waals surface area contributed by atoms with Crippen molar-refractivity contribution in [3.05, 3.63) is 47.2 Å². The van der Waals surface area contributed by atoms with Crippen molar-refractivity contribution >= 4 is 17.3 Å². The molecule has 1 aromatic heterocycles. The van der Waals surface area contributed by atoms with Crippen molar-refractivity contribution < 1.29 is 4.74 Å². The van der Waals surface area contributed by atoms with E-state index in [-0.39, 0.29) is 0 Å². The molecule has 0 radical (unpaired) electrons. The third-order valence-corrected chi connectivity index (χ3v) is 3.36. The Labute approximate surface area is 125 Å². The summed E-state index contributed by atoms with van der Waals surface area (Å²) in [5, 5.41) is 4.12. The largest absolute Gasteiger partial charge is 0.491 e. The molecule has 0 saturated heterocycles. The third-order valence-electron chi connectivity index (χ3n) is 3.13. The number of hydrogen-bond donors (Lipinski definition) is 1. The summed E-state index contributed by atoms with van der Waals surface area (Å²) in [4.78, 5) is 0. The Kier molecular flexibility index (Phi) is 5.36. The first-order chi connectivity index (χ1) is 9.74. The Morgan fingerprint density at radius 2 is 2.10 bits per heavy atom. The van der Waals surface area contributed by atoms with Crippen molar-refractivity contribution in [1.82, 2.24) is 4.57 Å². The second kappa shape index (κ2) is 7.25. The number of anilines is 1. The average molecular weight is 293 g/mol. The number of ether oxygens (including phenoxy) is 1. The van der Waals surface area contributed by atoms with Crippen molar-refractivity contribution in [3.8, 4) is 5.75 Å². The van der Waals surface area contributed by atoms with Crippen LogP contribution in [0.3, 0.4) is 0 Å². The number of halogens is 1. The molecule has 20 heavy (non-hydrogen) atoms. The van der Waals surface area contributed by atoms with Crippen LogP contribution in [0.25, 0.3) is 0 Å². The summed E-state index contributed by atoms with van der Waals surface area (Å²) in [7, 11) is 0. The Morgan fingerprint density at radius 1 is 1.25 bits per heavy atom. The molecule has 0 aliphatic carbocycles. The first-order valence-corrected chi connectivity index (χ1v) is 7.42. The second-order valence-electron chi connectivity index (χ2n) is 4.63. The summed E-state index contributed by atoms with van der Waals surface area (Å²) in [5.74, 6) is 0.853. The molecule has 0 saturated carbocycles. The fourth-order valence-corrected chi connectivity index (χ4v) is 2.25. The Morgan fingerprint density at radius 3 is 2.85 bits per heavy atom. The van der Waals surface area contributed by atoms with E-state index in [2.05, 4.69) is 42.1 Å². The van der Waals surface area contributed by atoms with Gasteiger partial charge >= 0.3 is 0 Å². The molecule has 0 unspecified atom stereocenters. The van der Waals surface area contributed by atoms with Crippen molar-refractivity contribution in [2.75, 3.05) is 11.9 Å². The van der Waals surface area contributed by atoms with Gasteiger partial charge < -0.3 is 14.6 Å². The monoisotopic (exact) mass is 292 g/mol. The summed E-state index contributed by atoms with van der Waals surface area (Å²) in [6.07, 6.45) is 3.07. The molecule has 0 aliphatic heterocycles. The predicted molar refractivity (Wildman–Crippen MR) is 84.7 cm³/mol. The van der Waals surface area contributed by atoms with E-state index < -0.39 is 0 Å². The number of aromatic nitrogens is 1. The summed E-state index contributed by atoms with van der Waals surface area (Å²) in [5.41, 5.74) is 2.18. The minimum absolute atomic E-state index is 0.710. The van der Waals surface area contributed by atoms with Gasteiger partial charge in [-0.1, -0.05) is 18.5 Å². The SMILES string of the molecule is CCCOc1ccc(Cl)cc1NCc1cccn1CC. The summed E-state index contributed by atoms with van der Waals surface area (Å²) < 4.78 is 7.95. The quantitative estimate of drug-likeness (QED) is 0.809. The molecule has 1 N–H and O–H groups in total. The lowest BCUT2D eigenvalue weighted by molar-refractivity contribution is 0.319. The van der Waals surface area contributed by atoms with Crippen LogP contribution in [0.5, 0.6) is 5.75 Å². The molecule has 108 valence electrons. The maximum Gasteiger partial charge on any atom is 0.142 e. The fourth-order valence-electron chi connectivity index (χ4n) is 2.08. The first-order valence-electron chi connectivity index (χ1n) is 7.04.